The van der Waals surface area contributed by atoms with Crippen LogP contribution in [0.4, 0.5) is 0 Å². The van der Waals surface area contributed by atoms with Crippen molar-refractivity contribution in [2.24, 2.45) is 0 Å². The molecule has 0 aliphatic carbocycles. The van der Waals surface area contributed by atoms with Crippen molar-refractivity contribution >= 4 is 33.5 Å². The molecular formula is C25H20O5S. The van der Waals surface area contributed by atoms with Crippen LogP contribution in [0.15, 0.2) is 83.8 Å². The van der Waals surface area contributed by atoms with Gasteiger partial charge < -0.3 is 14.2 Å². The maximum absolute atomic E-state index is 13.4. The fourth-order valence-corrected chi connectivity index (χ4v) is 4.69. The van der Waals surface area contributed by atoms with Gasteiger partial charge in [0, 0.05) is 11.6 Å². The van der Waals surface area contributed by atoms with E-state index < -0.39 is 16.8 Å². The van der Waals surface area contributed by atoms with Crippen molar-refractivity contribution in [2.75, 3.05) is 14.2 Å². The van der Waals surface area contributed by atoms with Gasteiger partial charge in [0.1, 0.15) is 11.5 Å². The molecule has 1 unspecified atom stereocenters. The van der Waals surface area contributed by atoms with Crippen LogP contribution in [0.5, 0.6) is 11.5 Å². The Bertz CT molecular complexity index is 1190. The van der Waals surface area contributed by atoms with E-state index in [9.17, 15) is 9.00 Å². The Labute approximate surface area is 183 Å². The maximum atomic E-state index is 13.4. The van der Waals surface area contributed by atoms with Crippen molar-refractivity contribution < 1.29 is 23.2 Å². The Morgan fingerprint density at radius 3 is 2.29 bits per heavy atom. The van der Waals surface area contributed by atoms with Gasteiger partial charge in [-0.15, -0.1) is 0 Å². The van der Waals surface area contributed by atoms with Gasteiger partial charge in [0.15, 0.2) is 5.76 Å². The molecular weight excluding hydrogens is 412 g/mol. The van der Waals surface area contributed by atoms with E-state index in [0.29, 0.717) is 27.1 Å². The van der Waals surface area contributed by atoms with E-state index in [0.717, 1.165) is 16.7 Å². The smallest absolute Gasteiger partial charge is 0.330 e. The molecule has 5 nitrogen and oxygen atoms in total. The first-order chi connectivity index (χ1) is 15.1. The summed E-state index contributed by atoms with van der Waals surface area (Å²) in [6, 6.07) is 22.3. The third kappa shape index (κ3) is 4.29. The normalized spacial score (nSPS) is 15.1. The zero-order valence-electron chi connectivity index (χ0n) is 17.0. The van der Waals surface area contributed by atoms with Gasteiger partial charge in [0.05, 0.1) is 34.8 Å². The van der Waals surface area contributed by atoms with E-state index >= 15 is 0 Å². The molecule has 3 aromatic rings. The summed E-state index contributed by atoms with van der Waals surface area (Å²) >= 11 is 0. The van der Waals surface area contributed by atoms with Crippen molar-refractivity contribution in [3.63, 3.8) is 0 Å². The van der Waals surface area contributed by atoms with Gasteiger partial charge in [-0.25, -0.2) is 9.00 Å². The molecule has 4 rings (SSSR count). The lowest BCUT2D eigenvalue weighted by Gasteiger charge is -2.11. The minimum atomic E-state index is -1.40. The highest BCUT2D eigenvalue weighted by molar-refractivity contribution is 7.95. The van der Waals surface area contributed by atoms with Crippen LogP contribution < -0.4 is 9.47 Å². The van der Waals surface area contributed by atoms with Crippen LogP contribution >= 0.6 is 0 Å². The molecule has 1 atom stereocenters. The number of hydrogen-bond acceptors (Lipinski definition) is 5. The number of hydrogen-bond donors (Lipinski definition) is 0. The van der Waals surface area contributed by atoms with E-state index in [1.54, 1.807) is 31.4 Å². The number of ether oxygens (including phenoxy) is 3. The first-order valence-corrected chi connectivity index (χ1v) is 10.7. The Morgan fingerprint density at radius 1 is 0.903 bits per heavy atom. The Morgan fingerprint density at radius 2 is 1.61 bits per heavy atom. The summed E-state index contributed by atoms with van der Waals surface area (Å²) in [5.41, 5.74) is 2.44. The van der Waals surface area contributed by atoms with Crippen LogP contribution in [-0.2, 0) is 20.3 Å². The Kier molecular flexibility index (Phi) is 6.00. The number of benzene rings is 3. The maximum Gasteiger partial charge on any atom is 0.330 e. The summed E-state index contributed by atoms with van der Waals surface area (Å²) in [6.07, 6.45) is 3.02. The van der Waals surface area contributed by atoms with Crippen LogP contribution in [-0.4, -0.2) is 24.4 Å². The molecule has 0 fully saturated rings. The lowest BCUT2D eigenvalue weighted by atomic mass is 10.1. The number of carbonyl (C=O) groups is 1. The van der Waals surface area contributed by atoms with E-state index in [2.05, 4.69) is 4.74 Å². The highest BCUT2D eigenvalue weighted by Crippen LogP contribution is 2.43. The molecule has 1 aliphatic heterocycles. The average molecular weight is 432 g/mol. The molecule has 0 saturated heterocycles. The van der Waals surface area contributed by atoms with Gasteiger partial charge in [-0.1, -0.05) is 42.5 Å². The molecule has 0 radical (unpaired) electrons. The van der Waals surface area contributed by atoms with Crippen molar-refractivity contribution in [3.05, 3.63) is 95.6 Å². The van der Waals surface area contributed by atoms with E-state index in [1.807, 2.05) is 54.6 Å². The summed E-state index contributed by atoms with van der Waals surface area (Å²) in [6.45, 7) is 0. The largest absolute Gasteiger partial charge is 0.497 e. The second kappa shape index (κ2) is 9.02. The fraction of sp³-hybridized carbons (Fsp3) is 0.0800. The standard InChI is InChI=1S/C25H20O5S/c1-28-20-13-14-21-22(16-20)31(27)25(18-6-4-3-5-7-18)24(21)30-19-11-8-17(9-12-19)10-15-23(26)29-2/h3-16H,1-2H3/b15-10+. The zero-order valence-corrected chi connectivity index (χ0v) is 17.8. The van der Waals surface area contributed by atoms with Crippen LogP contribution in [0.25, 0.3) is 16.7 Å². The third-order valence-corrected chi connectivity index (χ3v) is 6.30. The minimum absolute atomic E-state index is 0.418. The van der Waals surface area contributed by atoms with E-state index in [-0.39, 0.29) is 0 Å². The van der Waals surface area contributed by atoms with Gasteiger partial charge in [0.25, 0.3) is 0 Å². The molecule has 0 N–H and O–H groups in total. The number of rotatable bonds is 6. The molecule has 1 heterocycles. The zero-order chi connectivity index (χ0) is 21.8. The molecule has 0 aromatic heterocycles. The van der Waals surface area contributed by atoms with Gasteiger partial charge in [-0.3, -0.25) is 0 Å². The Hall–Kier alpha value is -3.64. The van der Waals surface area contributed by atoms with Gasteiger partial charge in [-0.2, -0.15) is 0 Å². The highest BCUT2D eigenvalue weighted by Gasteiger charge is 2.32. The van der Waals surface area contributed by atoms with Crippen molar-refractivity contribution in [1.29, 1.82) is 0 Å². The molecule has 1 aliphatic rings. The van der Waals surface area contributed by atoms with Gasteiger partial charge >= 0.3 is 5.97 Å². The second-order valence-corrected chi connectivity index (χ2v) is 8.07. The third-order valence-electron chi connectivity index (χ3n) is 4.77. The summed E-state index contributed by atoms with van der Waals surface area (Å²) in [5.74, 6) is 1.38. The number of esters is 1. The van der Waals surface area contributed by atoms with Gasteiger partial charge in [-0.05, 0) is 47.5 Å². The van der Waals surface area contributed by atoms with Crippen molar-refractivity contribution in [1.82, 2.24) is 0 Å². The summed E-state index contributed by atoms with van der Waals surface area (Å²) in [7, 11) is 1.51. The lowest BCUT2D eigenvalue weighted by Crippen LogP contribution is -1.96. The molecule has 0 spiro atoms. The summed E-state index contributed by atoms with van der Waals surface area (Å²) in [4.78, 5) is 12.6. The molecule has 0 amide bonds. The van der Waals surface area contributed by atoms with Crippen LogP contribution in [0.3, 0.4) is 0 Å². The molecule has 0 bridgehead atoms. The van der Waals surface area contributed by atoms with E-state index in [1.165, 1.54) is 13.2 Å². The van der Waals surface area contributed by atoms with Crippen LogP contribution in [0, 0.1) is 0 Å². The SMILES string of the molecule is COC(=O)/C=C/c1ccc(OC2=C(c3ccccc3)S(=O)c3cc(OC)ccc32)cc1. The average Bonchev–Trinajstić information content (AvgIpc) is 3.09. The van der Waals surface area contributed by atoms with Crippen molar-refractivity contribution in [2.45, 2.75) is 4.90 Å². The highest BCUT2D eigenvalue weighted by atomic mass is 32.2. The molecule has 3 aromatic carbocycles. The quantitative estimate of drug-likeness (QED) is 0.409. The predicted molar refractivity (Wildman–Crippen MR) is 121 cm³/mol. The summed E-state index contributed by atoms with van der Waals surface area (Å²) in [5, 5.41) is 0. The minimum Gasteiger partial charge on any atom is -0.497 e. The first kappa shape index (κ1) is 20.6. The Balaban J connectivity index is 1.71. The molecule has 0 saturated carbocycles. The number of methoxy groups -OCH3 is 2. The fourth-order valence-electron chi connectivity index (χ4n) is 3.21. The van der Waals surface area contributed by atoms with Crippen molar-refractivity contribution in [3.8, 4) is 11.5 Å². The summed E-state index contributed by atoms with van der Waals surface area (Å²) < 4.78 is 29.5. The molecule has 6 heteroatoms. The van der Waals surface area contributed by atoms with Crippen LogP contribution in [0.1, 0.15) is 16.7 Å². The van der Waals surface area contributed by atoms with Gasteiger partial charge in [0.2, 0.25) is 0 Å². The topological polar surface area (TPSA) is 61.8 Å². The molecule has 31 heavy (non-hydrogen) atoms. The second-order valence-electron chi connectivity index (χ2n) is 6.68. The first-order valence-electron chi connectivity index (χ1n) is 9.54. The lowest BCUT2D eigenvalue weighted by molar-refractivity contribution is -0.134. The number of fused-ring (bicyclic) bond motifs is 1. The monoisotopic (exact) mass is 432 g/mol. The molecule has 156 valence electrons. The van der Waals surface area contributed by atoms with E-state index in [4.69, 9.17) is 9.47 Å². The van der Waals surface area contributed by atoms with Crippen LogP contribution in [0.2, 0.25) is 0 Å². The number of carbonyl (C=O) groups excluding carboxylic acids is 1. The predicted octanol–water partition coefficient (Wildman–Crippen LogP) is 4.91.